The molecule has 2 unspecified atom stereocenters. The Balaban J connectivity index is 3.49. The molecule has 0 bridgehead atoms. The van der Waals surface area contributed by atoms with Gasteiger partial charge in [-0.1, -0.05) is 60.3 Å². The lowest BCUT2D eigenvalue weighted by atomic mass is 9.86. The molecule has 114 valence electrons. The zero-order valence-corrected chi connectivity index (χ0v) is 14.6. The molecule has 2 atom stereocenters. The van der Waals surface area contributed by atoms with Crippen molar-refractivity contribution in [2.45, 2.75) is 79.6 Å². The van der Waals surface area contributed by atoms with E-state index in [1.807, 2.05) is 0 Å². The van der Waals surface area contributed by atoms with Crippen LogP contribution in [0.2, 0.25) is 0 Å². The van der Waals surface area contributed by atoms with Gasteiger partial charge >= 0.3 is 8.03 Å². The van der Waals surface area contributed by atoms with Crippen LogP contribution in [0, 0.1) is 11.3 Å². The van der Waals surface area contributed by atoms with E-state index in [-0.39, 0.29) is 0 Å². The molecular formula is C16H34O2P+. The van der Waals surface area contributed by atoms with E-state index in [0.717, 1.165) is 19.0 Å². The van der Waals surface area contributed by atoms with Crippen molar-refractivity contribution < 1.29 is 9.09 Å². The Morgan fingerprint density at radius 2 is 1.63 bits per heavy atom. The van der Waals surface area contributed by atoms with Crippen molar-refractivity contribution in [2.24, 2.45) is 11.3 Å². The van der Waals surface area contributed by atoms with Gasteiger partial charge in [0.25, 0.3) is 0 Å². The van der Waals surface area contributed by atoms with Gasteiger partial charge < -0.3 is 0 Å². The lowest BCUT2D eigenvalue weighted by Gasteiger charge is -2.21. The Hall–Kier alpha value is 0.0600. The minimum atomic E-state index is -1.43. The molecule has 2 nitrogen and oxygen atoms in total. The minimum absolute atomic E-state index is 0.327. The molecule has 0 aromatic carbocycles. The summed E-state index contributed by atoms with van der Waals surface area (Å²) in [5.74, 6) is 0.489. The molecule has 0 amide bonds. The third-order valence-corrected chi connectivity index (χ3v) is 4.28. The molecule has 0 saturated heterocycles. The molecule has 0 aliphatic rings. The van der Waals surface area contributed by atoms with Crippen molar-refractivity contribution in [3.8, 4) is 0 Å². The van der Waals surface area contributed by atoms with Gasteiger partial charge in [-0.3, -0.25) is 0 Å². The van der Waals surface area contributed by atoms with E-state index in [0.29, 0.717) is 17.9 Å². The number of unbranched alkanes of at least 4 members (excludes halogenated alkanes) is 5. The predicted molar refractivity (Wildman–Crippen MR) is 85.0 cm³/mol. The zero-order valence-electron chi connectivity index (χ0n) is 13.7. The van der Waals surface area contributed by atoms with Crippen LogP contribution < -0.4 is 0 Å². The zero-order chi connectivity index (χ0) is 14.7. The molecule has 0 radical (unpaired) electrons. The van der Waals surface area contributed by atoms with Crippen LogP contribution in [0.4, 0.5) is 0 Å². The highest BCUT2D eigenvalue weighted by molar-refractivity contribution is 7.39. The third-order valence-electron chi connectivity index (χ3n) is 3.16. The van der Waals surface area contributed by atoms with E-state index in [4.69, 9.17) is 4.52 Å². The van der Waals surface area contributed by atoms with Gasteiger partial charge in [-0.2, -0.15) is 0 Å². The molecule has 0 aliphatic carbocycles. The highest BCUT2D eigenvalue weighted by Crippen LogP contribution is 2.29. The standard InChI is InChI=1S/C16H34O2P/c1-6-7-8-9-10-11-12-19(17)18-14-15(2)13-16(3,4)5/h15H,6-14H2,1-5H3/q+1. The summed E-state index contributed by atoms with van der Waals surface area (Å²) in [7, 11) is -1.43. The molecular weight excluding hydrogens is 255 g/mol. The van der Waals surface area contributed by atoms with Gasteiger partial charge in [0.05, 0.1) is 0 Å². The second-order valence-corrected chi connectivity index (χ2v) is 8.36. The van der Waals surface area contributed by atoms with Crippen LogP contribution in [-0.4, -0.2) is 12.8 Å². The summed E-state index contributed by atoms with van der Waals surface area (Å²) < 4.78 is 17.2. The number of rotatable bonds is 11. The first-order valence-electron chi connectivity index (χ1n) is 7.92. The maximum atomic E-state index is 11.7. The Labute approximate surface area is 121 Å². The fourth-order valence-electron chi connectivity index (χ4n) is 2.40. The molecule has 0 aliphatic heterocycles. The lowest BCUT2D eigenvalue weighted by molar-refractivity contribution is 0.214. The molecule has 0 aromatic rings. The smallest absolute Gasteiger partial charge is 0.146 e. The molecule has 0 N–H and O–H groups in total. The first-order chi connectivity index (χ1) is 8.85. The van der Waals surface area contributed by atoms with Crippen LogP contribution in [0.5, 0.6) is 0 Å². The Morgan fingerprint density at radius 1 is 1.05 bits per heavy atom. The average Bonchev–Trinajstić information content (AvgIpc) is 2.29. The van der Waals surface area contributed by atoms with E-state index in [9.17, 15) is 4.57 Å². The second kappa shape index (κ2) is 10.8. The van der Waals surface area contributed by atoms with Crippen LogP contribution in [0.3, 0.4) is 0 Å². The first-order valence-corrected chi connectivity index (χ1v) is 9.29. The molecule has 0 saturated carbocycles. The lowest BCUT2D eigenvalue weighted by Crippen LogP contribution is -2.14. The van der Waals surface area contributed by atoms with Gasteiger partial charge in [0.1, 0.15) is 6.61 Å². The van der Waals surface area contributed by atoms with E-state index in [2.05, 4.69) is 34.6 Å². The second-order valence-electron chi connectivity index (χ2n) is 6.99. The quantitative estimate of drug-likeness (QED) is 0.335. The summed E-state index contributed by atoms with van der Waals surface area (Å²) in [6.07, 6.45) is 9.30. The number of hydrogen-bond donors (Lipinski definition) is 0. The van der Waals surface area contributed by atoms with Gasteiger partial charge in [-0.25, -0.2) is 0 Å². The van der Waals surface area contributed by atoms with Crippen molar-refractivity contribution >= 4 is 8.03 Å². The van der Waals surface area contributed by atoms with Crippen molar-refractivity contribution in [3.63, 3.8) is 0 Å². The van der Waals surface area contributed by atoms with Crippen molar-refractivity contribution in [3.05, 3.63) is 0 Å². The molecule has 0 aromatic heterocycles. The van der Waals surface area contributed by atoms with Gasteiger partial charge in [-0.15, -0.1) is 4.52 Å². The molecule has 0 heterocycles. The minimum Gasteiger partial charge on any atom is -0.146 e. The van der Waals surface area contributed by atoms with E-state index < -0.39 is 8.03 Å². The maximum Gasteiger partial charge on any atom is 0.508 e. The Bertz CT molecular complexity index is 233. The summed E-state index contributed by atoms with van der Waals surface area (Å²) in [5, 5.41) is 0. The van der Waals surface area contributed by atoms with Crippen LogP contribution >= 0.6 is 8.03 Å². The molecule has 19 heavy (non-hydrogen) atoms. The van der Waals surface area contributed by atoms with E-state index >= 15 is 0 Å². The van der Waals surface area contributed by atoms with Crippen LogP contribution in [0.15, 0.2) is 0 Å². The monoisotopic (exact) mass is 289 g/mol. The van der Waals surface area contributed by atoms with Crippen molar-refractivity contribution in [1.29, 1.82) is 0 Å². The van der Waals surface area contributed by atoms with Crippen molar-refractivity contribution in [1.82, 2.24) is 0 Å². The predicted octanol–water partition coefficient (Wildman–Crippen LogP) is 6.18. The van der Waals surface area contributed by atoms with E-state index in [1.54, 1.807) is 0 Å². The van der Waals surface area contributed by atoms with Crippen LogP contribution in [0.25, 0.3) is 0 Å². The Morgan fingerprint density at radius 3 is 2.21 bits per heavy atom. The van der Waals surface area contributed by atoms with Gasteiger partial charge in [-0.05, 0) is 35.2 Å². The Kier molecular flexibility index (Phi) is 10.8. The first kappa shape index (κ1) is 19.1. The van der Waals surface area contributed by atoms with Gasteiger partial charge in [0.2, 0.25) is 0 Å². The summed E-state index contributed by atoms with van der Waals surface area (Å²) in [6.45, 7) is 11.8. The topological polar surface area (TPSA) is 26.3 Å². The summed E-state index contributed by atoms with van der Waals surface area (Å²) in [6, 6.07) is 0. The fraction of sp³-hybridized carbons (Fsp3) is 1.00. The largest absolute Gasteiger partial charge is 0.508 e. The number of hydrogen-bond acceptors (Lipinski definition) is 2. The SMILES string of the molecule is CCCCCCCC[P+](=O)OCC(C)CC(C)(C)C. The molecule has 0 rings (SSSR count). The van der Waals surface area contributed by atoms with E-state index in [1.165, 1.54) is 32.1 Å². The molecule has 0 spiro atoms. The highest BCUT2D eigenvalue weighted by atomic mass is 31.1. The third kappa shape index (κ3) is 14.3. The maximum absolute atomic E-state index is 11.7. The molecule has 0 fully saturated rings. The summed E-state index contributed by atoms with van der Waals surface area (Å²) in [4.78, 5) is 0. The normalized spacial score (nSPS) is 14.5. The average molecular weight is 289 g/mol. The van der Waals surface area contributed by atoms with Crippen LogP contribution in [0.1, 0.15) is 79.6 Å². The van der Waals surface area contributed by atoms with Gasteiger partial charge in [0, 0.05) is 0 Å². The van der Waals surface area contributed by atoms with Gasteiger partial charge in [0.15, 0.2) is 6.16 Å². The fourth-order valence-corrected chi connectivity index (χ4v) is 3.43. The highest BCUT2D eigenvalue weighted by Gasteiger charge is 2.21. The van der Waals surface area contributed by atoms with Crippen LogP contribution in [-0.2, 0) is 9.09 Å². The summed E-state index contributed by atoms with van der Waals surface area (Å²) in [5.41, 5.74) is 0.327. The molecule has 3 heteroatoms. The van der Waals surface area contributed by atoms with Crippen molar-refractivity contribution in [2.75, 3.05) is 12.8 Å². The summed E-state index contributed by atoms with van der Waals surface area (Å²) >= 11 is 0.